The van der Waals surface area contributed by atoms with Gasteiger partial charge in [0, 0.05) is 6.54 Å². The topological polar surface area (TPSA) is 92.5 Å². The lowest BCUT2D eigenvalue weighted by Gasteiger charge is -2.08. The summed E-state index contributed by atoms with van der Waals surface area (Å²) >= 11 is 0. The van der Waals surface area contributed by atoms with Crippen molar-refractivity contribution in [1.29, 1.82) is 0 Å². The van der Waals surface area contributed by atoms with Crippen LogP contribution in [0.2, 0.25) is 0 Å². The molecule has 6 N–H and O–H groups in total. The maximum atomic E-state index is 9.28. The molecule has 1 rings (SSSR count). The second-order valence-electron chi connectivity index (χ2n) is 2.57. The molecule has 0 aliphatic heterocycles. The van der Waals surface area contributed by atoms with E-state index in [-0.39, 0.29) is 18.0 Å². The van der Waals surface area contributed by atoms with E-state index < -0.39 is 6.10 Å². The summed E-state index contributed by atoms with van der Waals surface area (Å²) in [5.41, 5.74) is 11.5. The van der Waals surface area contributed by atoms with E-state index in [4.69, 9.17) is 16.6 Å². The summed E-state index contributed by atoms with van der Waals surface area (Å²) in [6.45, 7) is 0.143. The van der Waals surface area contributed by atoms with E-state index >= 15 is 0 Å². The largest absolute Gasteiger partial charge is 0.506 e. The fraction of sp³-hybridized carbons (Fsp3) is 0.250. The average Bonchev–Trinajstić information content (AvgIpc) is 2.08. The van der Waals surface area contributed by atoms with Gasteiger partial charge in [-0.25, -0.2) is 0 Å². The SMILES string of the molecule is NC[C@@H](O)c1ccc(O)c(N)c1. The number of aromatic hydroxyl groups is 1. The zero-order chi connectivity index (χ0) is 9.14. The van der Waals surface area contributed by atoms with Crippen molar-refractivity contribution >= 4 is 5.69 Å². The highest BCUT2D eigenvalue weighted by Gasteiger charge is 2.06. The van der Waals surface area contributed by atoms with E-state index in [1.165, 1.54) is 12.1 Å². The van der Waals surface area contributed by atoms with Gasteiger partial charge in [0.2, 0.25) is 0 Å². The Kier molecular flexibility index (Phi) is 2.52. The third kappa shape index (κ3) is 1.66. The molecule has 1 aromatic rings. The molecule has 0 amide bonds. The van der Waals surface area contributed by atoms with Gasteiger partial charge < -0.3 is 21.7 Å². The summed E-state index contributed by atoms with van der Waals surface area (Å²) in [6, 6.07) is 4.53. The van der Waals surface area contributed by atoms with Crippen molar-refractivity contribution in [2.75, 3.05) is 12.3 Å². The van der Waals surface area contributed by atoms with Gasteiger partial charge in [0.1, 0.15) is 5.75 Å². The Morgan fingerprint density at radius 2 is 2.08 bits per heavy atom. The Balaban J connectivity index is 2.96. The van der Waals surface area contributed by atoms with Crippen molar-refractivity contribution in [3.05, 3.63) is 23.8 Å². The number of nitrogens with two attached hydrogens (primary N) is 2. The average molecular weight is 168 g/mol. The van der Waals surface area contributed by atoms with Crippen LogP contribution >= 0.6 is 0 Å². The fourth-order valence-corrected chi connectivity index (χ4v) is 0.916. The predicted octanol–water partition coefficient (Wildman–Crippen LogP) is -0.0335. The summed E-state index contributed by atoms with van der Waals surface area (Å²) in [5.74, 6) is 0.0166. The number of rotatable bonds is 2. The van der Waals surface area contributed by atoms with E-state index in [2.05, 4.69) is 0 Å². The van der Waals surface area contributed by atoms with Crippen LogP contribution in [-0.4, -0.2) is 16.8 Å². The number of benzene rings is 1. The molecule has 1 aromatic carbocycles. The second-order valence-corrected chi connectivity index (χ2v) is 2.57. The van der Waals surface area contributed by atoms with E-state index in [9.17, 15) is 5.11 Å². The summed E-state index contributed by atoms with van der Waals surface area (Å²) in [4.78, 5) is 0. The van der Waals surface area contributed by atoms with E-state index in [1.54, 1.807) is 6.07 Å². The van der Waals surface area contributed by atoms with Crippen molar-refractivity contribution in [3.63, 3.8) is 0 Å². The number of aliphatic hydroxyl groups is 1. The first kappa shape index (κ1) is 8.83. The molecule has 66 valence electrons. The number of phenolic OH excluding ortho intramolecular Hbond substituents is 1. The highest BCUT2D eigenvalue weighted by atomic mass is 16.3. The molecule has 0 spiro atoms. The molecule has 0 bridgehead atoms. The van der Waals surface area contributed by atoms with Crippen molar-refractivity contribution in [3.8, 4) is 5.75 Å². The normalized spacial score (nSPS) is 12.8. The summed E-state index contributed by atoms with van der Waals surface area (Å²) in [5, 5.41) is 18.3. The number of aliphatic hydroxyl groups excluding tert-OH is 1. The van der Waals surface area contributed by atoms with Gasteiger partial charge in [0.25, 0.3) is 0 Å². The van der Waals surface area contributed by atoms with Gasteiger partial charge in [-0.1, -0.05) is 6.07 Å². The molecule has 0 aromatic heterocycles. The highest BCUT2D eigenvalue weighted by Crippen LogP contribution is 2.23. The molecular weight excluding hydrogens is 156 g/mol. The van der Waals surface area contributed by atoms with Crippen molar-refractivity contribution in [2.24, 2.45) is 5.73 Å². The van der Waals surface area contributed by atoms with E-state index in [1.807, 2.05) is 0 Å². The van der Waals surface area contributed by atoms with Gasteiger partial charge in [0.15, 0.2) is 0 Å². The molecule has 0 saturated carbocycles. The van der Waals surface area contributed by atoms with Crippen LogP contribution in [0.1, 0.15) is 11.7 Å². The molecule has 0 heterocycles. The minimum absolute atomic E-state index is 0.0166. The van der Waals surface area contributed by atoms with Crippen molar-refractivity contribution < 1.29 is 10.2 Å². The molecule has 12 heavy (non-hydrogen) atoms. The van der Waals surface area contributed by atoms with Gasteiger partial charge in [-0.15, -0.1) is 0 Å². The lowest BCUT2D eigenvalue weighted by Crippen LogP contribution is -2.11. The van der Waals surface area contributed by atoms with Gasteiger partial charge in [0.05, 0.1) is 11.8 Å². The lowest BCUT2D eigenvalue weighted by molar-refractivity contribution is 0.187. The van der Waals surface area contributed by atoms with Gasteiger partial charge in [-0.2, -0.15) is 0 Å². The Hall–Kier alpha value is -1.26. The first-order valence-corrected chi connectivity index (χ1v) is 3.61. The van der Waals surface area contributed by atoms with Crippen LogP contribution in [0.5, 0.6) is 5.75 Å². The molecule has 0 aliphatic carbocycles. The van der Waals surface area contributed by atoms with Crippen LogP contribution in [0, 0.1) is 0 Å². The number of hydrogen-bond acceptors (Lipinski definition) is 4. The maximum Gasteiger partial charge on any atom is 0.138 e. The van der Waals surface area contributed by atoms with Gasteiger partial charge in [-0.05, 0) is 17.7 Å². The number of anilines is 1. The molecule has 4 nitrogen and oxygen atoms in total. The van der Waals surface area contributed by atoms with Crippen LogP contribution in [0.4, 0.5) is 5.69 Å². The summed E-state index contributed by atoms with van der Waals surface area (Å²) < 4.78 is 0. The van der Waals surface area contributed by atoms with E-state index in [0.717, 1.165) is 0 Å². The zero-order valence-corrected chi connectivity index (χ0v) is 6.57. The quantitative estimate of drug-likeness (QED) is 0.368. The van der Waals surface area contributed by atoms with Crippen LogP contribution in [0.25, 0.3) is 0 Å². The molecule has 0 unspecified atom stereocenters. The Morgan fingerprint density at radius 1 is 1.42 bits per heavy atom. The Labute approximate surface area is 70.4 Å². The molecule has 0 aliphatic rings. The fourth-order valence-electron chi connectivity index (χ4n) is 0.916. The molecule has 0 fully saturated rings. The second kappa shape index (κ2) is 3.42. The van der Waals surface area contributed by atoms with Crippen LogP contribution in [-0.2, 0) is 0 Å². The monoisotopic (exact) mass is 168 g/mol. The van der Waals surface area contributed by atoms with Crippen LogP contribution < -0.4 is 11.5 Å². The zero-order valence-electron chi connectivity index (χ0n) is 6.57. The Morgan fingerprint density at radius 3 is 2.58 bits per heavy atom. The van der Waals surface area contributed by atoms with Crippen LogP contribution in [0.15, 0.2) is 18.2 Å². The standard InChI is InChI=1S/C8H12N2O2/c9-4-8(12)5-1-2-7(11)6(10)3-5/h1-3,8,11-12H,4,9-10H2/t8-/m1/s1. The Bertz CT molecular complexity index is 276. The molecule has 0 saturated heterocycles. The smallest absolute Gasteiger partial charge is 0.138 e. The predicted molar refractivity (Wildman–Crippen MR) is 46.5 cm³/mol. The maximum absolute atomic E-state index is 9.28. The molecule has 1 atom stereocenters. The van der Waals surface area contributed by atoms with Crippen molar-refractivity contribution in [1.82, 2.24) is 0 Å². The molecule has 0 radical (unpaired) electrons. The first-order valence-electron chi connectivity index (χ1n) is 3.61. The minimum atomic E-state index is -0.715. The lowest BCUT2D eigenvalue weighted by atomic mass is 10.1. The number of phenols is 1. The first-order chi connectivity index (χ1) is 5.65. The summed E-state index contributed by atoms with van der Waals surface area (Å²) in [6.07, 6.45) is -0.715. The minimum Gasteiger partial charge on any atom is -0.506 e. The summed E-state index contributed by atoms with van der Waals surface area (Å²) in [7, 11) is 0. The molecular formula is C8H12N2O2. The van der Waals surface area contributed by atoms with Crippen molar-refractivity contribution in [2.45, 2.75) is 6.10 Å². The number of hydrogen-bond donors (Lipinski definition) is 4. The molecule has 4 heteroatoms. The van der Waals surface area contributed by atoms with E-state index in [0.29, 0.717) is 5.56 Å². The van der Waals surface area contributed by atoms with Gasteiger partial charge in [-0.3, -0.25) is 0 Å². The van der Waals surface area contributed by atoms with Gasteiger partial charge >= 0.3 is 0 Å². The highest BCUT2D eigenvalue weighted by molar-refractivity contribution is 5.53. The number of nitrogen functional groups attached to an aromatic ring is 1. The van der Waals surface area contributed by atoms with Crippen LogP contribution in [0.3, 0.4) is 0 Å². The third-order valence-electron chi connectivity index (χ3n) is 1.66. The third-order valence-corrected chi connectivity index (χ3v) is 1.66.